The van der Waals surface area contributed by atoms with Crippen molar-refractivity contribution in [2.24, 2.45) is 22.4 Å². The Balaban J connectivity index is 0.00000242. The molecule has 2 aromatic rings. The molecule has 9 heteroatoms. The molecular weight excluding hydrogens is 357 g/mol. The first-order valence-corrected chi connectivity index (χ1v) is 7.78. The molecule has 0 bridgehead atoms. The average molecular weight is 380 g/mol. The van der Waals surface area contributed by atoms with Crippen LogP contribution in [0.1, 0.15) is 26.0 Å². The zero-order valence-electron chi connectivity index (χ0n) is 13.1. The van der Waals surface area contributed by atoms with E-state index < -0.39 is 0 Å². The Kier molecular flexibility index (Phi) is 9.90. The highest BCUT2D eigenvalue weighted by Crippen LogP contribution is 2.26. The van der Waals surface area contributed by atoms with Crippen molar-refractivity contribution in [1.82, 2.24) is 4.98 Å². The minimum absolute atomic E-state index is 0. The number of nitrogens with two attached hydrogens (primary N) is 2. The largest absolute Gasteiger partial charge is 0.458 e. The molecule has 0 atom stereocenters. The summed E-state index contributed by atoms with van der Waals surface area (Å²) in [5.74, 6) is 2.44. The van der Waals surface area contributed by atoms with Gasteiger partial charge in [0.15, 0.2) is 16.9 Å². The Labute approximate surface area is 152 Å². The summed E-state index contributed by atoms with van der Waals surface area (Å²) in [4.78, 5) is 8.69. The zero-order valence-corrected chi connectivity index (χ0v) is 15.6. The molecule has 2 aromatic heterocycles. The van der Waals surface area contributed by atoms with E-state index >= 15 is 0 Å². The normalized spacial score (nSPS) is 11.0. The van der Waals surface area contributed by atoms with E-state index in [1.807, 2.05) is 17.5 Å². The zero-order chi connectivity index (χ0) is 15.2. The number of halogens is 2. The minimum atomic E-state index is 0. The number of nitrogens with one attached hydrogen (secondary N) is 1. The van der Waals surface area contributed by atoms with Crippen molar-refractivity contribution in [3.05, 3.63) is 23.3 Å². The summed E-state index contributed by atoms with van der Waals surface area (Å²) in [6.07, 6.45) is 1.01. The second kappa shape index (κ2) is 10.5. The summed E-state index contributed by atoms with van der Waals surface area (Å²) in [5.41, 5.74) is 12.1. The predicted octanol–water partition coefficient (Wildman–Crippen LogP) is 3.48. The Hall–Kier alpha value is -1.28. The van der Waals surface area contributed by atoms with Crippen LogP contribution < -0.4 is 16.8 Å². The van der Waals surface area contributed by atoms with Crippen molar-refractivity contribution in [2.75, 3.05) is 11.9 Å². The van der Waals surface area contributed by atoms with Crippen molar-refractivity contribution in [1.29, 1.82) is 0 Å². The Morgan fingerprint density at radius 3 is 2.74 bits per heavy atom. The number of thiazole rings is 1. The lowest BCUT2D eigenvalue weighted by Gasteiger charge is -2.03. The fourth-order valence-electron chi connectivity index (χ4n) is 1.66. The molecule has 0 fully saturated rings. The Morgan fingerprint density at radius 1 is 1.39 bits per heavy atom. The second-order valence-corrected chi connectivity index (χ2v) is 5.94. The fraction of sp³-hybridized carbons (Fsp3) is 0.429. The molecule has 0 spiro atoms. The maximum Gasteiger partial charge on any atom is 0.194 e. The van der Waals surface area contributed by atoms with Crippen molar-refractivity contribution in [2.45, 2.75) is 26.8 Å². The lowest BCUT2D eigenvalue weighted by atomic mass is 10.1. The highest BCUT2D eigenvalue weighted by atomic mass is 35.5. The van der Waals surface area contributed by atoms with Gasteiger partial charge >= 0.3 is 0 Å². The molecular formula is C14H23Cl2N5OS. The maximum atomic E-state index is 5.83. The number of rotatable bonds is 6. The van der Waals surface area contributed by atoms with Crippen LogP contribution in [-0.4, -0.2) is 17.5 Å². The number of aliphatic imine (C=N–C) groups is 1. The van der Waals surface area contributed by atoms with Gasteiger partial charge in [-0.05, 0) is 24.5 Å². The number of aromatic nitrogens is 1. The average Bonchev–Trinajstić information content (AvgIpc) is 3.06. The number of nitrogens with zero attached hydrogens (tertiary/aromatic N) is 2. The molecule has 0 aliphatic rings. The van der Waals surface area contributed by atoms with Crippen molar-refractivity contribution in [3.8, 4) is 11.5 Å². The van der Waals surface area contributed by atoms with Gasteiger partial charge in [-0.2, -0.15) is 0 Å². The van der Waals surface area contributed by atoms with Crippen LogP contribution in [0.4, 0.5) is 5.13 Å². The number of furan rings is 1. The molecule has 2 heterocycles. The van der Waals surface area contributed by atoms with Gasteiger partial charge in [0.1, 0.15) is 11.5 Å². The lowest BCUT2D eigenvalue weighted by Crippen LogP contribution is -2.22. The second-order valence-electron chi connectivity index (χ2n) is 5.08. The number of hydrogen-bond acceptors (Lipinski definition) is 5. The molecule has 0 amide bonds. The summed E-state index contributed by atoms with van der Waals surface area (Å²) < 4.78 is 5.56. The molecule has 0 unspecified atom stereocenters. The van der Waals surface area contributed by atoms with Gasteiger partial charge in [-0.1, -0.05) is 13.8 Å². The van der Waals surface area contributed by atoms with Gasteiger partial charge in [0.2, 0.25) is 0 Å². The third kappa shape index (κ3) is 6.78. The molecule has 130 valence electrons. The maximum absolute atomic E-state index is 5.83. The van der Waals surface area contributed by atoms with Crippen LogP contribution in [0, 0.1) is 5.92 Å². The molecule has 0 aliphatic heterocycles. The van der Waals surface area contributed by atoms with Gasteiger partial charge in [-0.15, -0.1) is 36.2 Å². The fourth-order valence-corrected chi connectivity index (χ4v) is 2.37. The van der Waals surface area contributed by atoms with Gasteiger partial charge < -0.3 is 21.2 Å². The first-order valence-electron chi connectivity index (χ1n) is 6.90. The topological polar surface area (TPSA) is 102 Å². The highest BCUT2D eigenvalue weighted by molar-refractivity contribution is 7.14. The van der Waals surface area contributed by atoms with Crippen LogP contribution in [0.15, 0.2) is 26.9 Å². The van der Waals surface area contributed by atoms with E-state index in [9.17, 15) is 0 Å². The Bertz CT molecular complexity index is 612. The molecule has 0 aliphatic carbocycles. The van der Waals surface area contributed by atoms with Crippen LogP contribution in [0.2, 0.25) is 0 Å². The number of guanidine groups is 1. The van der Waals surface area contributed by atoms with E-state index in [-0.39, 0.29) is 24.8 Å². The SMILES string of the molecule is CC(C)CCN=C(N)Nc1nc(-c2ccc(CN)o2)cs1.Cl.Cl. The number of anilines is 1. The van der Waals surface area contributed by atoms with Gasteiger partial charge in [0, 0.05) is 11.9 Å². The molecule has 0 radical (unpaired) electrons. The molecule has 6 nitrogen and oxygen atoms in total. The molecule has 0 aromatic carbocycles. The summed E-state index contributed by atoms with van der Waals surface area (Å²) in [7, 11) is 0. The van der Waals surface area contributed by atoms with Crippen molar-refractivity contribution in [3.63, 3.8) is 0 Å². The molecule has 5 N–H and O–H groups in total. The minimum Gasteiger partial charge on any atom is -0.458 e. The van der Waals surface area contributed by atoms with Crippen LogP contribution in [0.5, 0.6) is 0 Å². The highest BCUT2D eigenvalue weighted by Gasteiger charge is 2.09. The van der Waals surface area contributed by atoms with E-state index in [4.69, 9.17) is 15.9 Å². The van der Waals surface area contributed by atoms with E-state index in [1.54, 1.807) is 0 Å². The third-order valence-electron chi connectivity index (χ3n) is 2.84. The standard InChI is InChI=1S/C14H21N5OS.2ClH/c1-9(2)5-6-17-13(16)19-14-18-11(8-21-14)12-4-3-10(7-15)20-12;;/h3-4,8-9H,5-7,15H2,1-2H3,(H3,16,17,18,19);2*1H. The van der Waals surface area contributed by atoms with Crippen LogP contribution in [0.3, 0.4) is 0 Å². The van der Waals surface area contributed by atoms with Gasteiger partial charge in [-0.3, -0.25) is 4.99 Å². The summed E-state index contributed by atoms with van der Waals surface area (Å²) in [6, 6.07) is 3.71. The summed E-state index contributed by atoms with van der Waals surface area (Å²) >= 11 is 1.46. The van der Waals surface area contributed by atoms with E-state index in [1.165, 1.54) is 11.3 Å². The summed E-state index contributed by atoms with van der Waals surface area (Å²) in [6.45, 7) is 5.41. The van der Waals surface area contributed by atoms with Crippen LogP contribution >= 0.6 is 36.2 Å². The number of hydrogen-bond donors (Lipinski definition) is 3. The smallest absolute Gasteiger partial charge is 0.194 e. The van der Waals surface area contributed by atoms with Gasteiger partial charge in [0.05, 0.1) is 6.54 Å². The quantitative estimate of drug-likeness (QED) is 0.526. The summed E-state index contributed by atoms with van der Waals surface area (Å²) in [5, 5.41) is 5.60. The van der Waals surface area contributed by atoms with E-state index in [0.29, 0.717) is 35.9 Å². The first kappa shape index (κ1) is 21.7. The van der Waals surface area contributed by atoms with Gasteiger partial charge in [-0.25, -0.2) is 4.98 Å². The van der Waals surface area contributed by atoms with Crippen molar-refractivity contribution < 1.29 is 4.42 Å². The lowest BCUT2D eigenvalue weighted by molar-refractivity contribution is 0.524. The molecule has 23 heavy (non-hydrogen) atoms. The van der Waals surface area contributed by atoms with Crippen LogP contribution in [-0.2, 0) is 6.54 Å². The third-order valence-corrected chi connectivity index (χ3v) is 3.60. The van der Waals surface area contributed by atoms with E-state index in [2.05, 4.69) is 29.1 Å². The Morgan fingerprint density at radius 2 is 2.13 bits per heavy atom. The van der Waals surface area contributed by atoms with Crippen molar-refractivity contribution >= 4 is 47.2 Å². The molecule has 2 rings (SSSR count). The van der Waals surface area contributed by atoms with Gasteiger partial charge in [0.25, 0.3) is 0 Å². The molecule has 0 saturated carbocycles. The molecule has 0 saturated heterocycles. The predicted molar refractivity (Wildman–Crippen MR) is 102 cm³/mol. The monoisotopic (exact) mass is 379 g/mol. The van der Waals surface area contributed by atoms with Crippen LogP contribution in [0.25, 0.3) is 11.5 Å². The van der Waals surface area contributed by atoms with E-state index in [0.717, 1.165) is 17.9 Å². The first-order chi connectivity index (χ1) is 10.1.